The second-order valence-electron chi connectivity index (χ2n) is 8.95. The van der Waals surface area contributed by atoms with Crippen molar-refractivity contribution in [3.63, 3.8) is 0 Å². The molecule has 3 heterocycles. The third-order valence-corrected chi connectivity index (χ3v) is 6.80. The second-order valence-corrected chi connectivity index (χ2v) is 8.95. The molecule has 2 aliphatic rings. The molecular weight excluding hydrogens is 418 g/mol. The van der Waals surface area contributed by atoms with Gasteiger partial charge in [0.15, 0.2) is 5.82 Å². The molecule has 2 aliphatic heterocycles. The number of rotatable bonds is 5. The highest BCUT2D eigenvalue weighted by Crippen LogP contribution is 2.44. The molecule has 2 atom stereocenters. The first-order chi connectivity index (χ1) is 16.0. The number of hydrogen-bond acceptors (Lipinski definition) is 5. The average Bonchev–Trinajstić information content (AvgIpc) is 3.52. The molecule has 0 aliphatic carbocycles. The van der Waals surface area contributed by atoms with E-state index in [0.29, 0.717) is 44.0 Å². The Morgan fingerprint density at radius 1 is 1.09 bits per heavy atom. The number of benzene rings is 2. The number of H-pyrrole nitrogens is 1. The zero-order valence-corrected chi connectivity index (χ0v) is 18.8. The third kappa shape index (κ3) is 3.86. The molecule has 3 aromatic rings. The second kappa shape index (κ2) is 8.35. The molecule has 8 heteroatoms. The molecule has 170 valence electrons. The van der Waals surface area contributed by atoms with Crippen molar-refractivity contribution in [2.24, 2.45) is 5.92 Å². The van der Waals surface area contributed by atoms with Crippen LogP contribution in [-0.2, 0) is 16.6 Å². The van der Waals surface area contributed by atoms with Crippen molar-refractivity contribution in [3.05, 3.63) is 77.4 Å². The van der Waals surface area contributed by atoms with Crippen LogP contribution in [0.25, 0.3) is 0 Å². The fourth-order valence-electron chi connectivity index (χ4n) is 5.12. The number of aromatic amines is 1. The molecule has 0 spiro atoms. The van der Waals surface area contributed by atoms with Gasteiger partial charge < -0.3 is 14.5 Å². The summed E-state index contributed by atoms with van der Waals surface area (Å²) in [5, 5.41) is 7.41. The maximum atomic E-state index is 13.2. The van der Waals surface area contributed by atoms with Crippen LogP contribution < -0.4 is 4.74 Å². The molecule has 2 fully saturated rings. The fraction of sp³-hybridized carbons (Fsp3) is 0.360. The van der Waals surface area contributed by atoms with Crippen molar-refractivity contribution in [3.8, 4) is 5.75 Å². The highest BCUT2D eigenvalue weighted by Gasteiger charge is 2.57. The van der Waals surface area contributed by atoms with Crippen LogP contribution in [0.15, 0.2) is 54.6 Å². The van der Waals surface area contributed by atoms with Gasteiger partial charge in [-0.15, -0.1) is 0 Å². The Labute approximate surface area is 192 Å². The summed E-state index contributed by atoms with van der Waals surface area (Å²) in [5.74, 6) is 2.30. The van der Waals surface area contributed by atoms with Crippen molar-refractivity contribution < 1.29 is 14.3 Å². The van der Waals surface area contributed by atoms with E-state index in [-0.39, 0.29) is 17.7 Å². The number of carbonyl (C=O) groups is 2. The first kappa shape index (κ1) is 21.2. The standard InChI is InChI=1S/C25H27N5O3/c1-17-26-24(28-27-17)25-15-29(22(31)12-18-7-6-10-21(11-18)33-2)13-20(25)14-30(16-25)23(32)19-8-4-3-5-9-19/h3-11,20H,12-16H2,1-2H3,(H,26,27,28)/t20-,25-/m1/s1. The van der Waals surface area contributed by atoms with Crippen molar-refractivity contribution in [2.75, 3.05) is 33.3 Å². The lowest BCUT2D eigenvalue weighted by molar-refractivity contribution is -0.129. The van der Waals surface area contributed by atoms with Gasteiger partial charge in [-0.05, 0) is 36.8 Å². The van der Waals surface area contributed by atoms with Gasteiger partial charge in [-0.3, -0.25) is 14.7 Å². The van der Waals surface area contributed by atoms with E-state index in [1.807, 2.05) is 71.3 Å². The lowest BCUT2D eigenvalue weighted by Crippen LogP contribution is -2.42. The topological polar surface area (TPSA) is 91.4 Å². The van der Waals surface area contributed by atoms with Gasteiger partial charge in [0.25, 0.3) is 5.91 Å². The first-order valence-electron chi connectivity index (χ1n) is 11.1. The molecule has 2 amide bonds. The molecule has 5 rings (SSSR count). The van der Waals surface area contributed by atoms with Crippen LogP contribution in [-0.4, -0.2) is 70.1 Å². The first-order valence-corrected chi connectivity index (χ1v) is 11.1. The molecule has 2 aromatic carbocycles. The maximum absolute atomic E-state index is 13.2. The van der Waals surface area contributed by atoms with E-state index in [1.165, 1.54) is 0 Å². The minimum Gasteiger partial charge on any atom is -0.497 e. The summed E-state index contributed by atoms with van der Waals surface area (Å²) >= 11 is 0. The van der Waals surface area contributed by atoms with Gasteiger partial charge in [0.05, 0.1) is 18.9 Å². The summed E-state index contributed by atoms with van der Waals surface area (Å²) in [6, 6.07) is 16.9. The Balaban J connectivity index is 1.38. The quantitative estimate of drug-likeness (QED) is 0.650. The molecule has 0 bridgehead atoms. The monoisotopic (exact) mass is 445 g/mol. The molecule has 2 saturated heterocycles. The summed E-state index contributed by atoms with van der Waals surface area (Å²) in [7, 11) is 1.62. The minimum atomic E-state index is -0.473. The number of fused-ring (bicyclic) bond motifs is 1. The van der Waals surface area contributed by atoms with Gasteiger partial charge in [0, 0.05) is 37.7 Å². The summed E-state index contributed by atoms with van der Waals surface area (Å²) in [5.41, 5.74) is 1.11. The zero-order valence-electron chi connectivity index (χ0n) is 18.8. The Morgan fingerprint density at radius 2 is 1.85 bits per heavy atom. The summed E-state index contributed by atoms with van der Waals surface area (Å²) < 4.78 is 5.29. The lowest BCUT2D eigenvalue weighted by Gasteiger charge is -2.27. The largest absolute Gasteiger partial charge is 0.497 e. The van der Waals surface area contributed by atoms with Gasteiger partial charge in [-0.25, -0.2) is 4.98 Å². The average molecular weight is 446 g/mol. The van der Waals surface area contributed by atoms with Crippen LogP contribution in [0.4, 0.5) is 0 Å². The van der Waals surface area contributed by atoms with Crippen molar-refractivity contribution in [1.29, 1.82) is 0 Å². The van der Waals surface area contributed by atoms with E-state index in [0.717, 1.165) is 17.1 Å². The van der Waals surface area contributed by atoms with Crippen LogP contribution in [0.3, 0.4) is 0 Å². The molecule has 8 nitrogen and oxygen atoms in total. The van der Waals surface area contributed by atoms with Crippen LogP contribution in [0.5, 0.6) is 5.75 Å². The number of hydrogen-bond donors (Lipinski definition) is 1. The van der Waals surface area contributed by atoms with Crippen LogP contribution in [0, 0.1) is 12.8 Å². The van der Waals surface area contributed by atoms with E-state index in [4.69, 9.17) is 4.74 Å². The number of nitrogens with zero attached hydrogens (tertiary/aromatic N) is 4. The van der Waals surface area contributed by atoms with Crippen molar-refractivity contribution in [1.82, 2.24) is 25.0 Å². The highest BCUT2D eigenvalue weighted by molar-refractivity contribution is 5.94. The van der Waals surface area contributed by atoms with Gasteiger partial charge >= 0.3 is 0 Å². The smallest absolute Gasteiger partial charge is 0.253 e. The SMILES string of the molecule is COc1cccc(CC(=O)N2C[C@@H]3CN(C(=O)c4ccccc4)C[C@]3(c3n[nH]c(C)n3)C2)c1. The Morgan fingerprint density at radius 3 is 2.58 bits per heavy atom. The maximum Gasteiger partial charge on any atom is 0.253 e. The number of likely N-dealkylation sites (tertiary alicyclic amines) is 2. The molecule has 1 aromatic heterocycles. The van der Waals surface area contributed by atoms with Crippen LogP contribution in [0.1, 0.15) is 27.6 Å². The molecule has 33 heavy (non-hydrogen) atoms. The van der Waals surface area contributed by atoms with Gasteiger partial charge in [-0.1, -0.05) is 30.3 Å². The molecule has 0 radical (unpaired) electrons. The molecule has 0 unspecified atom stereocenters. The Hall–Kier alpha value is -3.68. The number of amides is 2. The Bertz CT molecular complexity index is 1180. The number of carbonyl (C=O) groups excluding carboxylic acids is 2. The fourth-order valence-corrected chi connectivity index (χ4v) is 5.12. The lowest BCUT2D eigenvalue weighted by atomic mass is 9.80. The minimum absolute atomic E-state index is 0.00545. The summed E-state index contributed by atoms with van der Waals surface area (Å²) in [4.78, 5) is 34.8. The van der Waals surface area contributed by atoms with E-state index in [1.54, 1.807) is 7.11 Å². The van der Waals surface area contributed by atoms with Gasteiger partial charge in [0.2, 0.25) is 5.91 Å². The highest BCUT2D eigenvalue weighted by atomic mass is 16.5. The van der Waals surface area contributed by atoms with Crippen molar-refractivity contribution >= 4 is 11.8 Å². The van der Waals surface area contributed by atoms with E-state index < -0.39 is 5.41 Å². The zero-order chi connectivity index (χ0) is 23.0. The number of nitrogens with one attached hydrogen (secondary N) is 1. The van der Waals surface area contributed by atoms with Crippen LogP contribution >= 0.6 is 0 Å². The normalized spacial score (nSPS) is 21.8. The van der Waals surface area contributed by atoms with E-state index in [9.17, 15) is 9.59 Å². The molecular formula is C25H27N5O3. The molecule has 0 saturated carbocycles. The van der Waals surface area contributed by atoms with Gasteiger partial charge in [0.1, 0.15) is 11.6 Å². The van der Waals surface area contributed by atoms with Gasteiger partial charge in [-0.2, -0.15) is 5.10 Å². The van der Waals surface area contributed by atoms with Crippen molar-refractivity contribution in [2.45, 2.75) is 18.8 Å². The summed E-state index contributed by atoms with van der Waals surface area (Å²) in [6.45, 7) is 4.01. The van der Waals surface area contributed by atoms with Crippen LogP contribution in [0.2, 0.25) is 0 Å². The molecule has 1 N–H and O–H groups in total. The Kier molecular flexibility index (Phi) is 5.36. The number of methoxy groups -OCH3 is 1. The van der Waals surface area contributed by atoms with E-state index in [2.05, 4.69) is 15.2 Å². The van der Waals surface area contributed by atoms with E-state index >= 15 is 0 Å². The number of aryl methyl sites for hydroxylation is 1. The third-order valence-electron chi connectivity index (χ3n) is 6.80. The predicted molar refractivity (Wildman–Crippen MR) is 122 cm³/mol. The summed E-state index contributed by atoms with van der Waals surface area (Å²) in [6.07, 6.45) is 0.305. The number of ether oxygens (including phenoxy) is 1. The number of aromatic nitrogens is 3. The predicted octanol–water partition coefficient (Wildman–Crippen LogP) is 2.22.